The third-order valence-corrected chi connectivity index (χ3v) is 4.94. The lowest BCUT2D eigenvalue weighted by Gasteiger charge is -2.29. The maximum Gasteiger partial charge on any atom is 0.237 e. The average molecular weight is 277 g/mol. The second kappa shape index (κ2) is 7.06. The molecule has 0 aliphatic carbocycles. The Morgan fingerprint density at radius 3 is 2.50 bits per heavy atom. The quantitative estimate of drug-likeness (QED) is 0.709. The van der Waals surface area contributed by atoms with Gasteiger partial charge in [-0.25, -0.2) is 8.42 Å². The fourth-order valence-corrected chi connectivity index (χ4v) is 3.06. The smallest absolute Gasteiger partial charge is 0.237 e. The van der Waals surface area contributed by atoms with Crippen LogP contribution in [-0.4, -0.2) is 69.1 Å². The standard InChI is InChI=1S/C11H23N3O3S/c1-3-4-9-18(16,17)13(2)10-11(15)14-7-5-12-6-8-14/h12H,3-10H2,1-2H3. The van der Waals surface area contributed by atoms with Gasteiger partial charge in [0.15, 0.2) is 0 Å². The van der Waals surface area contributed by atoms with Crippen LogP contribution in [0.2, 0.25) is 0 Å². The molecule has 18 heavy (non-hydrogen) atoms. The van der Waals surface area contributed by atoms with Gasteiger partial charge in [-0.1, -0.05) is 13.3 Å². The molecule has 1 fully saturated rings. The molecule has 0 radical (unpaired) electrons. The van der Waals surface area contributed by atoms with Crippen molar-refractivity contribution in [1.82, 2.24) is 14.5 Å². The van der Waals surface area contributed by atoms with Crippen molar-refractivity contribution in [1.29, 1.82) is 0 Å². The summed E-state index contributed by atoms with van der Waals surface area (Å²) < 4.78 is 24.9. The maximum absolute atomic E-state index is 11.9. The molecule has 0 saturated carbocycles. The molecule has 0 aromatic carbocycles. The van der Waals surface area contributed by atoms with Crippen LogP contribution in [0.1, 0.15) is 19.8 Å². The minimum Gasteiger partial charge on any atom is -0.339 e. The number of amides is 1. The van der Waals surface area contributed by atoms with E-state index in [1.54, 1.807) is 4.90 Å². The van der Waals surface area contributed by atoms with E-state index in [1.165, 1.54) is 11.4 Å². The number of likely N-dealkylation sites (N-methyl/N-ethyl adjacent to an activating group) is 1. The Labute approximate surface area is 109 Å². The number of hydrogen-bond donors (Lipinski definition) is 1. The molecule has 1 N–H and O–H groups in total. The minimum atomic E-state index is -3.29. The molecule has 0 aromatic rings. The third-order valence-electron chi connectivity index (χ3n) is 3.06. The van der Waals surface area contributed by atoms with E-state index in [4.69, 9.17) is 0 Å². The number of piperazine rings is 1. The summed E-state index contributed by atoms with van der Waals surface area (Å²) in [6.07, 6.45) is 1.47. The number of nitrogens with one attached hydrogen (secondary N) is 1. The van der Waals surface area contributed by atoms with E-state index in [1.807, 2.05) is 6.92 Å². The van der Waals surface area contributed by atoms with Gasteiger partial charge in [-0.15, -0.1) is 0 Å². The molecule has 1 heterocycles. The first-order chi connectivity index (χ1) is 8.47. The molecule has 1 saturated heterocycles. The molecule has 1 aliphatic rings. The van der Waals surface area contributed by atoms with Gasteiger partial charge in [0.25, 0.3) is 0 Å². The van der Waals surface area contributed by atoms with E-state index in [0.29, 0.717) is 19.5 Å². The Bertz CT molecular complexity index is 364. The second-order valence-corrected chi connectivity index (χ2v) is 6.75. The highest BCUT2D eigenvalue weighted by Gasteiger charge is 2.23. The minimum absolute atomic E-state index is 0.0496. The van der Waals surface area contributed by atoms with Gasteiger partial charge in [0.05, 0.1) is 12.3 Å². The highest BCUT2D eigenvalue weighted by Crippen LogP contribution is 2.04. The molecule has 0 spiro atoms. The fourth-order valence-electron chi connectivity index (χ4n) is 1.79. The van der Waals surface area contributed by atoms with Gasteiger partial charge >= 0.3 is 0 Å². The summed E-state index contributed by atoms with van der Waals surface area (Å²) in [5.41, 5.74) is 0. The highest BCUT2D eigenvalue weighted by molar-refractivity contribution is 7.89. The summed E-state index contributed by atoms with van der Waals surface area (Å²) in [5, 5.41) is 3.16. The molecule has 7 heteroatoms. The van der Waals surface area contributed by atoms with Crippen molar-refractivity contribution in [3.63, 3.8) is 0 Å². The van der Waals surface area contributed by atoms with E-state index >= 15 is 0 Å². The summed E-state index contributed by atoms with van der Waals surface area (Å²) in [4.78, 5) is 13.6. The van der Waals surface area contributed by atoms with Crippen LogP contribution >= 0.6 is 0 Å². The molecule has 1 rings (SSSR count). The Hall–Kier alpha value is -0.660. The summed E-state index contributed by atoms with van der Waals surface area (Å²) in [5.74, 6) is 0.00791. The van der Waals surface area contributed by atoms with Crippen LogP contribution in [0.5, 0.6) is 0 Å². The van der Waals surface area contributed by atoms with Crippen molar-refractivity contribution in [3.8, 4) is 0 Å². The predicted molar refractivity (Wildman–Crippen MR) is 70.8 cm³/mol. The molecule has 0 aromatic heterocycles. The molecule has 0 bridgehead atoms. The molecule has 0 atom stereocenters. The van der Waals surface area contributed by atoms with E-state index in [9.17, 15) is 13.2 Å². The van der Waals surface area contributed by atoms with Crippen molar-refractivity contribution in [2.75, 3.05) is 45.5 Å². The molecule has 6 nitrogen and oxygen atoms in total. The fraction of sp³-hybridized carbons (Fsp3) is 0.909. The first-order valence-electron chi connectivity index (χ1n) is 6.40. The van der Waals surface area contributed by atoms with Crippen LogP contribution in [0.4, 0.5) is 0 Å². The molecule has 0 unspecified atom stereocenters. The Balaban J connectivity index is 2.47. The molecular weight excluding hydrogens is 254 g/mol. The number of hydrogen-bond acceptors (Lipinski definition) is 4. The Kier molecular flexibility index (Phi) is 6.04. The van der Waals surface area contributed by atoms with Crippen LogP contribution in [0.3, 0.4) is 0 Å². The lowest BCUT2D eigenvalue weighted by molar-refractivity contribution is -0.131. The van der Waals surface area contributed by atoms with Crippen LogP contribution < -0.4 is 5.32 Å². The van der Waals surface area contributed by atoms with Gasteiger partial charge in [-0.3, -0.25) is 4.79 Å². The van der Waals surface area contributed by atoms with Crippen LogP contribution in [0.15, 0.2) is 0 Å². The first kappa shape index (κ1) is 15.4. The van der Waals surface area contributed by atoms with Crippen molar-refractivity contribution in [2.24, 2.45) is 0 Å². The monoisotopic (exact) mass is 277 g/mol. The van der Waals surface area contributed by atoms with E-state index in [2.05, 4.69) is 5.32 Å². The van der Waals surface area contributed by atoms with E-state index in [-0.39, 0.29) is 18.2 Å². The van der Waals surface area contributed by atoms with E-state index < -0.39 is 10.0 Å². The lowest BCUT2D eigenvalue weighted by Crippen LogP contribution is -2.49. The second-order valence-electron chi connectivity index (χ2n) is 4.56. The molecule has 106 valence electrons. The van der Waals surface area contributed by atoms with Gasteiger partial charge in [-0.05, 0) is 6.42 Å². The number of unbranched alkanes of at least 4 members (excludes halogenated alkanes) is 1. The molecule has 1 aliphatic heterocycles. The van der Waals surface area contributed by atoms with Gasteiger partial charge in [0.1, 0.15) is 0 Å². The molecular formula is C11H23N3O3S. The number of sulfonamides is 1. The van der Waals surface area contributed by atoms with Crippen molar-refractivity contribution >= 4 is 15.9 Å². The number of carbonyl (C=O) groups is 1. The van der Waals surface area contributed by atoms with Crippen molar-refractivity contribution < 1.29 is 13.2 Å². The highest BCUT2D eigenvalue weighted by atomic mass is 32.2. The third kappa shape index (κ3) is 4.55. The first-order valence-corrected chi connectivity index (χ1v) is 8.01. The van der Waals surface area contributed by atoms with Gasteiger partial charge in [-0.2, -0.15) is 4.31 Å². The SMILES string of the molecule is CCCCS(=O)(=O)N(C)CC(=O)N1CCNCC1. The average Bonchev–Trinajstić information content (AvgIpc) is 2.37. The van der Waals surface area contributed by atoms with E-state index in [0.717, 1.165) is 19.5 Å². The summed E-state index contributed by atoms with van der Waals surface area (Å²) in [7, 11) is -1.81. The van der Waals surface area contributed by atoms with Crippen LogP contribution in [0, 0.1) is 0 Å². The van der Waals surface area contributed by atoms with Gasteiger partial charge in [0.2, 0.25) is 15.9 Å². The zero-order valence-electron chi connectivity index (χ0n) is 11.2. The van der Waals surface area contributed by atoms with Crippen molar-refractivity contribution in [3.05, 3.63) is 0 Å². The summed E-state index contributed by atoms with van der Waals surface area (Å²) >= 11 is 0. The number of carbonyl (C=O) groups excluding carboxylic acids is 1. The normalized spacial score (nSPS) is 17.2. The zero-order chi connectivity index (χ0) is 13.6. The lowest BCUT2D eigenvalue weighted by atomic mass is 10.3. The maximum atomic E-state index is 11.9. The molecule has 1 amide bonds. The Morgan fingerprint density at radius 1 is 1.33 bits per heavy atom. The summed E-state index contributed by atoms with van der Waals surface area (Å²) in [6.45, 7) is 4.76. The van der Waals surface area contributed by atoms with Crippen molar-refractivity contribution in [2.45, 2.75) is 19.8 Å². The Morgan fingerprint density at radius 2 is 1.94 bits per heavy atom. The largest absolute Gasteiger partial charge is 0.339 e. The predicted octanol–water partition coefficient (Wildman–Crippen LogP) is -0.520. The number of rotatable bonds is 6. The van der Waals surface area contributed by atoms with Crippen LogP contribution in [-0.2, 0) is 14.8 Å². The summed E-state index contributed by atoms with van der Waals surface area (Å²) in [6, 6.07) is 0. The van der Waals surface area contributed by atoms with Gasteiger partial charge in [0, 0.05) is 33.2 Å². The number of nitrogens with zero attached hydrogens (tertiary/aromatic N) is 2. The van der Waals surface area contributed by atoms with Crippen LogP contribution in [0.25, 0.3) is 0 Å². The topological polar surface area (TPSA) is 69.7 Å². The van der Waals surface area contributed by atoms with Gasteiger partial charge < -0.3 is 10.2 Å². The zero-order valence-corrected chi connectivity index (χ0v) is 12.0.